The second kappa shape index (κ2) is 7.37. The van der Waals surface area contributed by atoms with Crippen molar-refractivity contribution in [3.05, 3.63) is 29.8 Å². The fraction of sp³-hybridized carbons (Fsp3) is 0.529. The number of anilines is 1. The summed E-state index contributed by atoms with van der Waals surface area (Å²) in [7, 11) is -2.94. The average Bonchev–Trinajstić information content (AvgIpc) is 2.99. The van der Waals surface area contributed by atoms with Gasteiger partial charge in [0.25, 0.3) is 5.91 Å². The topological polar surface area (TPSA) is 87.6 Å². The van der Waals surface area contributed by atoms with E-state index in [4.69, 9.17) is 0 Å². The molecule has 3 rings (SSSR count). The number of benzene rings is 1. The van der Waals surface area contributed by atoms with Gasteiger partial charge in [0, 0.05) is 23.0 Å². The number of nitrogens with zero attached hydrogens (tertiary/aromatic N) is 1. The summed E-state index contributed by atoms with van der Waals surface area (Å²) in [6.45, 7) is 4.91. The minimum Gasteiger partial charge on any atom is -0.352 e. The van der Waals surface area contributed by atoms with Gasteiger partial charge in [0.15, 0.2) is 15.0 Å². The third kappa shape index (κ3) is 4.76. The minimum atomic E-state index is -2.94. The van der Waals surface area contributed by atoms with Gasteiger partial charge in [-0.05, 0) is 30.5 Å². The van der Waals surface area contributed by atoms with E-state index in [1.165, 1.54) is 11.8 Å². The summed E-state index contributed by atoms with van der Waals surface area (Å²) in [5, 5.41) is 6.86. The molecule has 136 valence electrons. The molecule has 1 amide bonds. The maximum Gasteiger partial charge on any atom is 0.251 e. The molecular formula is C17H23N3O3S2. The number of hydrogen-bond acceptors (Lipinski definition) is 6. The Hall–Kier alpha value is -1.54. The molecular weight excluding hydrogens is 358 g/mol. The molecule has 1 saturated heterocycles. The summed E-state index contributed by atoms with van der Waals surface area (Å²) in [5.41, 5.74) is 1.38. The van der Waals surface area contributed by atoms with Crippen LogP contribution in [0.15, 0.2) is 29.3 Å². The first-order chi connectivity index (χ1) is 11.8. The summed E-state index contributed by atoms with van der Waals surface area (Å²) < 4.78 is 23.2. The number of aliphatic imine (C=N–C) groups is 1. The van der Waals surface area contributed by atoms with Gasteiger partial charge >= 0.3 is 0 Å². The summed E-state index contributed by atoms with van der Waals surface area (Å²) in [6, 6.07) is 7.11. The van der Waals surface area contributed by atoms with Gasteiger partial charge in [-0.2, -0.15) is 0 Å². The standard InChI is InChI=1S/C17H23N3O3S2/c1-11(2)6-7-18-16(21)12-4-3-5-13(8-12)19-17-20-14-9-25(22,23)10-15(14)24-17/h3-5,8,11,14-15H,6-7,9-10H2,1-2H3,(H,18,21)(H,19,20)/t14-,15+/m0/s1. The van der Waals surface area contributed by atoms with Crippen molar-refractivity contribution in [1.82, 2.24) is 5.32 Å². The highest BCUT2D eigenvalue weighted by atomic mass is 32.2. The lowest BCUT2D eigenvalue weighted by atomic mass is 10.1. The van der Waals surface area contributed by atoms with Gasteiger partial charge in [0.05, 0.1) is 17.5 Å². The van der Waals surface area contributed by atoms with Crippen LogP contribution in [-0.2, 0) is 9.84 Å². The van der Waals surface area contributed by atoms with Gasteiger partial charge in [-0.25, -0.2) is 8.42 Å². The largest absolute Gasteiger partial charge is 0.352 e. The van der Waals surface area contributed by atoms with Crippen molar-refractivity contribution < 1.29 is 13.2 Å². The third-order valence-corrected chi connectivity index (χ3v) is 7.34. The van der Waals surface area contributed by atoms with Gasteiger partial charge < -0.3 is 10.6 Å². The van der Waals surface area contributed by atoms with Crippen molar-refractivity contribution in [3.8, 4) is 0 Å². The predicted octanol–water partition coefficient (Wildman–Crippen LogP) is 2.14. The Morgan fingerprint density at radius 3 is 2.88 bits per heavy atom. The zero-order valence-corrected chi connectivity index (χ0v) is 16.0. The number of amides is 1. The first-order valence-electron chi connectivity index (χ1n) is 8.42. The van der Waals surface area contributed by atoms with Crippen LogP contribution in [0.1, 0.15) is 30.6 Å². The predicted molar refractivity (Wildman–Crippen MR) is 103 cm³/mol. The fourth-order valence-electron chi connectivity index (χ4n) is 2.85. The number of fused-ring (bicyclic) bond motifs is 1. The monoisotopic (exact) mass is 381 g/mol. The van der Waals surface area contributed by atoms with E-state index < -0.39 is 9.84 Å². The molecule has 1 fully saturated rings. The molecule has 2 atom stereocenters. The molecule has 1 aromatic carbocycles. The number of carbonyl (C=O) groups is 1. The Morgan fingerprint density at radius 2 is 2.16 bits per heavy atom. The summed E-state index contributed by atoms with van der Waals surface area (Å²) in [5.74, 6) is 0.783. The highest BCUT2D eigenvalue weighted by Gasteiger charge is 2.42. The number of thioether (sulfide) groups is 1. The molecule has 2 aliphatic rings. The molecule has 0 aliphatic carbocycles. The Labute approximate surface area is 152 Å². The van der Waals surface area contributed by atoms with Crippen molar-refractivity contribution in [2.45, 2.75) is 31.6 Å². The van der Waals surface area contributed by atoms with E-state index in [1.807, 2.05) is 12.1 Å². The molecule has 0 saturated carbocycles. The van der Waals surface area contributed by atoms with E-state index in [1.54, 1.807) is 12.1 Å². The zero-order valence-electron chi connectivity index (χ0n) is 14.4. The molecule has 0 radical (unpaired) electrons. The fourth-order valence-corrected chi connectivity index (χ4v) is 6.53. The van der Waals surface area contributed by atoms with Crippen LogP contribution in [0.2, 0.25) is 0 Å². The number of amidine groups is 1. The molecule has 0 aromatic heterocycles. The van der Waals surface area contributed by atoms with Crippen molar-refractivity contribution >= 4 is 38.4 Å². The maximum atomic E-state index is 12.2. The lowest BCUT2D eigenvalue weighted by Crippen LogP contribution is -2.25. The van der Waals surface area contributed by atoms with E-state index in [9.17, 15) is 13.2 Å². The number of nitrogens with one attached hydrogen (secondary N) is 2. The number of rotatable bonds is 5. The lowest BCUT2D eigenvalue weighted by molar-refractivity contribution is 0.0952. The second-order valence-corrected chi connectivity index (χ2v) is 10.3. The van der Waals surface area contributed by atoms with Gasteiger partial charge in [-0.1, -0.05) is 31.7 Å². The lowest BCUT2D eigenvalue weighted by Gasteiger charge is -2.10. The maximum absolute atomic E-state index is 12.2. The van der Waals surface area contributed by atoms with Crippen LogP contribution >= 0.6 is 11.8 Å². The van der Waals surface area contributed by atoms with Crippen LogP contribution in [0.4, 0.5) is 5.69 Å². The molecule has 2 N–H and O–H groups in total. The van der Waals surface area contributed by atoms with Crippen molar-refractivity contribution in [1.29, 1.82) is 0 Å². The molecule has 2 heterocycles. The van der Waals surface area contributed by atoms with Crippen LogP contribution < -0.4 is 10.6 Å². The van der Waals surface area contributed by atoms with Crippen LogP contribution in [0, 0.1) is 5.92 Å². The van der Waals surface area contributed by atoms with Crippen molar-refractivity contribution in [3.63, 3.8) is 0 Å². The molecule has 0 unspecified atom stereocenters. The molecule has 6 nitrogen and oxygen atoms in total. The third-order valence-electron chi connectivity index (χ3n) is 4.20. The van der Waals surface area contributed by atoms with Gasteiger partial charge in [0.2, 0.25) is 0 Å². The van der Waals surface area contributed by atoms with Gasteiger partial charge in [-0.3, -0.25) is 9.79 Å². The molecule has 0 bridgehead atoms. The molecule has 8 heteroatoms. The van der Waals surface area contributed by atoms with Crippen molar-refractivity contribution in [2.24, 2.45) is 10.9 Å². The Bertz CT molecular complexity index is 790. The highest BCUT2D eigenvalue weighted by molar-refractivity contribution is 8.15. The van der Waals surface area contributed by atoms with Crippen LogP contribution in [0.5, 0.6) is 0 Å². The van der Waals surface area contributed by atoms with Gasteiger partial charge in [-0.15, -0.1) is 0 Å². The second-order valence-electron chi connectivity index (χ2n) is 6.88. The number of hydrogen-bond donors (Lipinski definition) is 2. The zero-order chi connectivity index (χ0) is 18.0. The van der Waals surface area contributed by atoms with E-state index in [-0.39, 0.29) is 28.7 Å². The van der Waals surface area contributed by atoms with E-state index in [0.717, 1.165) is 17.3 Å². The summed E-state index contributed by atoms with van der Waals surface area (Å²) in [6.07, 6.45) is 0.947. The summed E-state index contributed by atoms with van der Waals surface area (Å²) in [4.78, 5) is 16.7. The van der Waals surface area contributed by atoms with E-state index >= 15 is 0 Å². The average molecular weight is 382 g/mol. The Kier molecular flexibility index (Phi) is 5.38. The van der Waals surface area contributed by atoms with Gasteiger partial charge in [0.1, 0.15) is 0 Å². The first-order valence-corrected chi connectivity index (χ1v) is 11.1. The number of carbonyl (C=O) groups excluding carboxylic acids is 1. The van der Waals surface area contributed by atoms with E-state index in [0.29, 0.717) is 18.0 Å². The molecule has 1 aromatic rings. The molecule has 2 aliphatic heterocycles. The minimum absolute atomic E-state index is 0.00927. The SMILES string of the molecule is CC(C)CCNC(=O)c1cccc(NC2=N[C@H]3CS(=O)(=O)C[C@H]3S2)c1. The highest BCUT2D eigenvalue weighted by Crippen LogP contribution is 2.34. The smallest absolute Gasteiger partial charge is 0.251 e. The van der Waals surface area contributed by atoms with Crippen LogP contribution in [0.25, 0.3) is 0 Å². The Morgan fingerprint density at radius 1 is 1.36 bits per heavy atom. The van der Waals surface area contributed by atoms with Crippen molar-refractivity contribution in [2.75, 3.05) is 23.4 Å². The number of sulfone groups is 1. The molecule has 25 heavy (non-hydrogen) atoms. The Balaban J connectivity index is 1.60. The van der Waals surface area contributed by atoms with Crippen LogP contribution in [-0.4, -0.2) is 48.8 Å². The quantitative estimate of drug-likeness (QED) is 0.816. The van der Waals surface area contributed by atoms with Crippen LogP contribution in [0.3, 0.4) is 0 Å². The first kappa shape index (κ1) is 18.3. The normalized spacial score (nSPS) is 24.0. The van der Waals surface area contributed by atoms with E-state index in [2.05, 4.69) is 29.5 Å². The summed E-state index contributed by atoms with van der Waals surface area (Å²) >= 11 is 1.47. The molecule has 0 spiro atoms.